The number of esters is 1. The quantitative estimate of drug-likeness (QED) is 0.670. The average Bonchev–Trinajstić information content (AvgIpc) is 2.52. The van der Waals surface area contributed by atoms with Crippen LogP contribution >= 0.6 is 11.3 Å². The number of nitrogens with zero attached hydrogens (tertiary/aromatic N) is 1. The normalized spacial score (nSPS) is 9.50. The van der Waals surface area contributed by atoms with Crippen LogP contribution in [0, 0.1) is 0 Å². The van der Waals surface area contributed by atoms with E-state index in [2.05, 4.69) is 4.98 Å². The third-order valence-electron chi connectivity index (χ3n) is 1.14. The predicted molar refractivity (Wildman–Crippen MR) is 44.6 cm³/mol. The number of rotatable bonds is 3. The van der Waals surface area contributed by atoms with E-state index in [1.807, 2.05) is 0 Å². The molecular weight excluding hydrogens is 178 g/mol. The Morgan fingerprint density at radius 3 is 3.00 bits per heavy atom. The first-order valence-electron chi connectivity index (χ1n) is 3.45. The topological polar surface area (TPSA) is 48.4 Å². The molecule has 0 N–H and O–H groups in total. The Bertz CT molecular complexity index is 271. The van der Waals surface area contributed by atoms with Gasteiger partial charge in [-0.25, -0.2) is 9.78 Å². The second-order valence-electron chi connectivity index (χ2n) is 1.91. The first-order valence-corrected chi connectivity index (χ1v) is 4.26. The van der Waals surface area contributed by atoms with Gasteiger partial charge in [0.15, 0.2) is 5.06 Å². The summed E-state index contributed by atoms with van der Waals surface area (Å²) < 4.78 is 9.61. The molecule has 66 valence electrons. The van der Waals surface area contributed by atoms with Crippen molar-refractivity contribution in [2.75, 3.05) is 13.7 Å². The lowest BCUT2D eigenvalue weighted by molar-refractivity contribution is 0.0526. The van der Waals surface area contributed by atoms with Gasteiger partial charge in [-0.3, -0.25) is 0 Å². The Kier molecular flexibility index (Phi) is 3.04. The SMILES string of the molecule is CCOC(=O)c1ncc(OC)s1. The first-order chi connectivity index (χ1) is 5.77. The molecule has 0 bridgehead atoms. The molecule has 0 aliphatic heterocycles. The van der Waals surface area contributed by atoms with Gasteiger partial charge in [0.05, 0.1) is 19.9 Å². The highest BCUT2D eigenvalue weighted by Crippen LogP contribution is 2.20. The molecule has 1 aromatic heterocycles. The summed E-state index contributed by atoms with van der Waals surface area (Å²) in [5, 5.41) is 0.937. The molecule has 0 fully saturated rings. The van der Waals surface area contributed by atoms with Crippen molar-refractivity contribution in [1.82, 2.24) is 4.98 Å². The molecule has 0 aliphatic rings. The molecule has 0 saturated carbocycles. The molecule has 0 radical (unpaired) electrons. The summed E-state index contributed by atoms with van der Waals surface area (Å²) in [6.45, 7) is 2.11. The number of thiazole rings is 1. The van der Waals surface area contributed by atoms with Crippen LogP contribution in [0.3, 0.4) is 0 Å². The predicted octanol–water partition coefficient (Wildman–Crippen LogP) is 1.33. The molecule has 0 atom stereocenters. The van der Waals surface area contributed by atoms with Crippen molar-refractivity contribution in [3.63, 3.8) is 0 Å². The highest BCUT2D eigenvalue weighted by Gasteiger charge is 2.11. The molecule has 1 aromatic rings. The monoisotopic (exact) mass is 187 g/mol. The Morgan fingerprint density at radius 2 is 2.50 bits per heavy atom. The fraction of sp³-hybridized carbons (Fsp3) is 0.429. The minimum atomic E-state index is -0.397. The lowest BCUT2D eigenvalue weighted by Gasteiger charge is -1.95. The van der Waals surface area contributed by atoms with E-state index >= 15 is 0 Å². The van der Waals surface area contributed by atoms with Gasteiger partial charge in [-0.2, -0.15) is 0 Å². The zero-order valence-electron chi connectivity index (χ0n) is 6.86. The molecule has 0 amide bonds. The summed E-state index contributed by atoms with van der Waals surface area (Å²) in [6.07, 6.45) is 1.50. The van der Waals surface area contributed by atoms with Crippen molar-refractivity contribution in [3.8, 4) is 5.06 Å². The van der Waals surface area contributed by atoms with Crippen LogP contribution in [0.1, 0.15) is 16.7 Å². The zero-order valence-corrected chi connectivity index (χ0v) is 7.68. The number of methoxy groups -OCH3 is 1. The van der Waals surface area contributed by atoms with Crippen LogP contribution in [-0.2, 0) is 4.74 Å². The number of ether oxygens (including phenoxy) is 2. The second kappa shape index (κ2) is 4.06. The largest absolute Gasteiger partial charge is 0.486 e. The van der Waals surface area contributed by atoms with E-state index in [-0.39, 0.29) is 0 Å². The Hall–Kier alpha value is -1.10. The smallest absolute Gasteiger partial charge is 0.367 e. The van der Waals surface area contributed by atoms with E-state index in [0.717, 1.165) is 0 Å². The number of hydrogen-bond acceptors (Lipinski definition) is 5. The van der Waals surface area contributed by atoms with Crippen LogP contribution in [0.15, 0.2) is 6.20 Å². The van der Waals surface area contributed by atoms with Crippen LogP contribution < -0.4 is 4.74 Å². The molecule has 0 aliphatic carbocycles. The third-order valence-corrected chi connectivity index (χ3v) is 2.07. The van der Waals surface area contributed by atoms with Gasteiger partial charge in [0, 0.05) is 0 Å². The van der Waals surface area contributed by atoms with E-state index in [0.29, 0.717) is 16.7 Å². The van der Waals surface area contributed by atoms with Crippen molar-refractivity contribution in [2.24, 2.45) is 0 Å². The van der Waals surface area contributed by atoms with Crippen molar-refractivity contribution >= 4 is 17.3 Å². The number of carbonyl (C=O) groups excluding carboxylic acids is 1. The molecule has 0 spiro atoms. The van der Waals surface area contributed by atoms with Gasteiger partial charge < -0.3 is 9.47 Å². The summed E-state index contributed by atoms with van der Waals surface area (Å²) in [7, 11) is 1.53. The van der Waals surface area contributed by atoms with Crippen LogP contribution in [0.4, 0.5) is 0 Å². The molecular formula is C7H9NO3S. The van der Waals surface area contributed by atoms with Crippen LogP contribution in [0.25, 0.3) is 0 Å². The van der Waals surface area contributed by atoms with E-state index in [4.69, 9.17) is 9.47 Å². The Balaban J connectivity index is 2.68. The standard InChI is InChI=1S/C7H9NO3S/c1-3-11-7(9)6-8-4-5(10-2)12-6/h4H,3H2,1-2H3. The number of carbonyl (C=O) groups is 1. The van der Waals surface area contributed by atoms with Gasteiger partial charge in [0.1, 0.15) is 0 Å². The number of aromatic nitrogens is 1. The Labute approximate surface area is 74.1 Å². The molecule has 0 unspecified atom stereocenters. The summed E-state index contributed by atoms with van der Waals surface area (Å²) in [5.41, 5.74) is 0. The molecule has 0 saturated heterocycles. The van der Waals surface area contributed by atoms with Crippen molar-refractivity contribution < 1.29 is 14.3 Å². The summed E-state index contributed by atoms with van der Waals surface area (Å²) in [6, 6.07) is 0. The van der Waals surface area contributed by atoms with Gasteiger partial charge in [-0.05, 0) is 6.92 Å². The minimum absolute atomic E-state index is 0.328. The lowest BCUT2D eigenvalue weighted by Crippen LogP contribution is -2.03. The fourth-order valence-corrected chi connectivity index (χ4v) is 1.27. The summed E-state index contributed by atoms with van der Waals surface area (Å²) >= 11 is 1.17. The first kappa shape index (κ1) is 8.99. The summed E-state index contributed by atoms with van der Waals surface area (Å²) in [4.78, 5) is 14.9. The van der Waals surface area contributed by atoms with Crippen molar-refractivity contribution in [2.45, 2.75) is 6.92 Å². The molecule has 1 heterocycles. The fourth-order valence-electron chi connectivity index (χ4n) is 0.641. The van der Waals surface area contributed by atoms with Crippen LogP contribution in [0.2, 0.25) is 0 Å². The maximum atomic E-state index is 11.0. The third kappa shape index (κ3) is 1.94. The highest BCUT2D eigenvalue weighted by molar-refractivity contribution is 7.15. The van der Waals surface area contributed by atoms with Gasteiger partial charge in [0.25, 0.3) is 0 Å². The van der Waals surface area contributed by atoms with E-state index in [9.17, 15) is 4.79 Å². The Morgan fingerprint density at radius 1 is 1.75 bits per heavy atom. The minimum Gasteiger partial charge on any atom is -0.486 e. The average molecular weight is 187 g/mol. The maximum Gasteiger partial charge on any atom is 0.367 e. The van der Waals surface area contributed by atoms with Gasteiger partial charge in [0.2, 0.25) is 5.01 Å². The van der Waals surface area contributed by atoms with E-state index in [1.54, 1.807) is 6.92 Å². The molecule has 5 heteroatoms. The lowest BCUT2D eigenvalue weighted by atomic mass is 10.7. The van der Waals surface area contributed by atoms with Crippen molar-refractivity contribution in [3.05, 3.63) is 11.2 Å². The van der Waals surface area contributed by atoms with Crippen LogP contribution in [-0.4, -0.2) is 24.7 Å². The maximum absolute atomic E-state index is 11.0. The second-order valence-corrected chi connectivity index (χ2v) is 2.90. The molecule has 4 nitrogen and oxygen atoms in total. The molecule has 0 aromatic carbocycles. The van der Waals surface area contributed by atoms with Gasteiger partial charge >= 0.3 is 5.97 Å². The van der Waals surface area contributed by atoms with Gasteiger partial charge in [-0.1, -0.05) is 11.3 Å². The molecule has 1 rings (SSSR count). The zero-order chi connectivity index (χ0) is 8.97. The van der Waals surface area contributed by atoms with Gasteiger partial charge in [-0.15, -0.1) is 0 Å². The highest BCUT2D eigenvalue weighted by atomic mass is 32.1. The van der Waals surface area contributed by atoms with E-state index < -0.39 is 5.97 Å². The van der Waals surface area contributed by atoms with Crippen molar-refractivity contribution in [1.29, 1.82) is 0 Å². The van der Waals surface area contributed by atoms with Crippen LogP contribution in [0.5, 0.6) is 5.06 Å². The van der Waals surface area contributed by atoms with E-state index in [1.165, 1.54) is 24.6 Å². The molecule has 12 heavy (non-hydrogen) atoms. The number of hydrogen-bond donors (Lipinski definition) is 0. The summed E-state index contributed by atoms with van der Waals surface area (Å²) in [5.74, 6) is -0.397.